The van der Waals surface area contributed by atoms with Crippen LogP contribution < -0.4 is 5.32 Å². The lowest BCUT2D eigenvalue weighted by Crippen LogP contribution is -2.46. The average molecular weight is 305 g/mol. The molecule has 6 nitrogen and oxygen atoms in total. The zero-order chi connectivity index (χ0) is 16.1. The van der Waals surface area contributed by atoms with Crippen LogP contribution in [0.15, 0.2) is 30.3 Å². The molecule has 0 radical (unpaired) electrons. The third-order valence-electron chi connectivity index (χ3n) is 4.07. The molecule has 0 aliphatic heterocycles. The third-order valence-corrected chi connectivity index (χ3v) is 4.07. The maximum Gasteiger partial charge on any atom is 0.328 e. The second-order valence-corrected chi connectivity index (χ2v) is 5.45. The highest BCUT2D eigenvalue weighted by Crippen LogP contribution is 2.33. The molecule has 1 aliphatic rings. The van der Waals surface area contributed by atoms with Gasteiger partial charge in [0.15, 0.2) is 0 Å². The number of rotatable bonds is 5. The standard InChI is InChI=1S/C16H19NO5/c1-22-16(21)13(11-7-8-12(9-11)15(19)20)17-14(18)10-5-3-2-4-6-10/h2-6,11-13H,7-9H2,1H3,(H,17,18)(H,19,20)/t11-,12+,13+/m1/s1. The lowest BCUT2D eigenvalue weighted by Gasteiger charge is -2.22. The molecule has 1 aromatic rings. The smallest absolute Gasteiger partial charge is 0.328 e. The van der Waals surface area contributed by atoms with Gasteiger partial charge in [-0.15, -0.1) is 0 Å². The molecule has 1 amide bonds. The molecule has 2 N–H and O–H groups in total. The molecule has 0 heterocycles. The number of amides is 1. The number of benzene rings is 1. The van der Waals surface area contributed by atoms with Crippen LogP contribution in [0.4, 0.5) is 0 Å². The minimum Gasteiger partial charge on any atom is -0.481 e. The Balaban J connectivity index is 2.09. The number of methoxy groups -OCH3 is 1. The predicted octanol–water partition coefficient (Wildman–Crippen LogP) is 1.46. The third kappa shape index (κ3) is 3.63. The van der Waals surface area contributed by atoms with Crippen LogP contribution in [0.1, 0.15) is 29.6 Å². The molecule has 1 fully saturated rings. The Hall–Kier alpha value is -2.37. The molecule has 1 aliphatic carbocycles. The van der Waals surface area contributed by atoms with Crippen molar-refractivity contribution in [1.29, 1.82) is 0 Å². The average Bonchev–Trinajstić information content (AvgIpc) is 3.02. The largest absolute Gasteiger partial charge is 0.481 e. The van der Waals surface area contributed by atoms with Gasteiger partial charge < -0.3 is 15.2 Å². The predicted molar refractivity (Wildman–Crippen MR) is 78.2 cm³/mol. The number of aliphatic carboxylic acids is 1. The van der Waals surface area contributed by atoms with Gasteiger partial charge in [0, 0.05) is 5.56 Å². The minimum absolute atomic E-state index is 0.221. The Morgan fingerprint density at radius 1 is 1.23 bits per heavy atom. The van der Waals surface area contributed by atoms with Crippen molar-refractivity contribution in [2.24, 2.45) is 11.8 Å². The van der Waals surface area contributed by atoms with Gasteiger partial charge in [0.25, 0.3) is 5.91 Å². The van der Waals surface area contributed by atoms with E-state index in [2.05, 4.69) is 5.32 Å². The molecule has 0 bridgehead atoms. The quantitative estimate of drug-likeness (QED) is 0.803. The fourth-order valence-corrected chi connectivity index (χ4v) is 2.85. The van der Waals surface area contributed by atoms with Crippen LogP contribution in [0.2, 0.25) is 0 Å². The van der Waals surface area contributed by atoms with E-state index in [0.717, 1.165) is 0 Å². The molecule has 0 unspecified atom stereocenters. The summed E-state index contributed by atoms with van der Waals surface area (Å²) in [5.41, 5.74) is 0.448. The van der Waals surface area contributed by atoms with Gasteiger partial charge in [-0.05, 0) is 37.3 Å². The van der Waals surface area contributed by atoms with E-state index in [1.54, 1.807) is 30.3 Å². The number of hydrogen-bond acceptors (Lipinski definition) is 4. The fraction of sp³-hybridized carbons (Fsp3) is 0.438. The van der Waals surface area contributed by atoms with Crippen LogP contribution in [0, 0.1) is 11.8 Å². The molecule has 0 saturated heterocycles. The lowest BCUT2D eigenvalue weighted by atomic mass is 9.96. The van der Waals surface area contributed by atoms with Crippen molar-refractivity contribution in [2.45, 2.75) is 25.3 Å². The highest BCUT2D eigenvalue weighted by Gasteiger charge is 2.39. The molecule has 22 heavy (non-hydrogen) atoms. The highest BCUT2D eigenvalue weighted by molar-refractivity contribution is 5.96. The summed E-state index contributed by atoms with van der Waals surface area (Å²) in [6, 6.07) is 7.75. The number of hydrogen-bond donors (Lipinski definition) is 2. The van der Waals surface area contributed by atoms with Gasteiger partial charge in [-0.2, -0.15) is 0 Å². The summed E-state index contributed by atoms with van der Waals surface area (Å²) < 4.78 is 4.76. The lowest BCUT2D eigenvalue weighted by molar-refractivity contribution is -0.145. The maximum atomic E-state index is 12.2. The highest BCUT2D eigenvalue weighted by atomic mass is 16.5. The van der Waals surface area contributed by atoms with Gasteiger partial charge in [0.1, 0.15) is 6.04 Å². The zero-order valence-corrected chi connectivity index (χ0v) is 12.3. The molecule has 3 atom stereocenters. The first-order chi connectivity index (χ1) is 10.5. The number of carboxylic acids is 1. The Kier molecular flexibility index (Phi) is 5.14. The number of carboxylic acid groups (broad SMARTS) is 1. The monoisotopic (exact) mass is 305 g/mol. The SMILES string of the molecule is COC(=O)[C@@H](NC(=O)c1ccccc1)[C@@H]1CC[C@H](C(=O)O)C1. The van der Waals surface area contributed by atoms with E-state index >= 15 is 0 Å². The van der Waals surface area contributed by atoms with Crippen LogP contribution in [0.25, 0.3) is 0 Å². The number of ether oxygens (including phenoxy) is 1. The fourth-order valence-electron chi connectivity index (χ4n) is 2.85. The first-order valence-corrected chi connectivity index (χ1v) is 7.19. The van der Waals surface area contributed by atoms with Crippen molar-refractivity contribution in [3.8, 4) is 0 Å². The molecule has 0 spiro atoms. The van der Waals surface area contributed by atoms with E-state index in [1.807, 2.05) is 0 Å². The van der Waals surface area contributed by atoms with E-state index in [-0.39, 0.29) is 11.8 Å². The Bertz CT molecular complexity index is 557. The zero-order valence-electron chi connectivity index (χ0n) is 12.3. The summed E-state index contributed by atoms with van der Waals surface area (Å²) in [7, 11) is 1.26. The molecule has 0 aromatic heterocycles. The normalized spacial score (nSPS) is 21.9. The van der Waals surface area contributed by atoms with Crippen LogP contribution in [0.3, 0.4) is 0 Å². The van der Waals surface area contributed by atoms with Gasteiger partial charge in [0.2, 0.25) is 0 Å². The summed E-state index contributed by atoms with van der Waals surface area (Å²) in [4.78, 5) is 35.2. The molecule has 2 rings (SSSR count). The van der Waals surface area contributed by atoms with Gasteiger partial charge in [-0.3, -0.25) is 9.59 Å². The first kappa shape index (κ1) is 16.0. The van der Waals surface area contributed by atoms with Gasteiger partial charge in [0.05, 0.1) is 13.0 Å². The Morgan fingerprint density at radius 3 is 2.45 bits per heavy atom. The summed E-state index contributed by atoms with van der Waals surface area (Å²) >= 11 is 0. The summed E-state index contributed by atoms with van der Waals surface area (Å²) in [6.45, 7) is 0. The summed E-state index contributed by atoms with van der Waals surface area (Å²) in [6.07, 6.45) is 1.45. The number of nitrogens with one attached hydrogen (secondary N) is 1. The van der Waals surface area contributed by atoms with Crippen molar-refractivity contribution in [3.05, 3.63) is 35.9 Å². The van der Waals surface area contributed by atoms with Crippen LogP contribution in [-0.2, 0) is 14.3 Å². The molecule has 118 valence electrons. The number of carbonyl (C=O) groups is 3. The van der Waals surface area contributed by atoms with E-state index in [1.165, 1.54) is 7.11 Å². The van der Waals surface area contributed by atoms with Crippen molar-refractivity contribution >= 4 is 17.8 Å². The van der Waals surface area contributed by atoms with Crippen LogP contribution >= 0.6 is 0 Å². The van der Waals surface area contributed by atoms with Crippen molar-refractivity contribution in [3.63, 3.8) is 0 Å². The van der Waals surface area contributed by atoms with E-state index < -0.39 is 23.9 Å². The number of carbonyl (C=O) groups excluding carboxylic acids is 2. The second kappa shape index (κ2) is 7.06. The topological polar surface area (TPSA) is 92.7 Å². The minimum atomic E-state index is -0.861. The maximum absolute atomic E-state index is 12.2. The van der Waals surface area contributed by atoms with Crippen LogP contribution in [-0.4, -0.2) is 36.1 Å². The van der Waals surface area contributed by atoms with Gasteiger partial charge in [-0.25, -0.2) is 4.79 Å². The molecular formula is C16H19NO5. The van der Waals surface area contributed by atoms with Crippen molar-refractivity contribution in [1.82, 2.24) is 5.32 Å². The summed E-state index contributed by atoms with van der Waals surface area (Å²) in [5.74, 6) is -2.46. The van der Waals surface area contributed by atoms with E-state index in [9.17, 15) is 14.4 Å². The number of esters is 1. The van der Waals surface area contributed by atoms with E-state index in [4.69, 9.17) is 9.84 Å². The summed E-state index contributed by atoms with van der Waals surface area (Å²) in [5, 5.41) is 11.7. The van der Waals surface area contributed by atoms with Crippen molar-refractivity contribution in [2.75, 3.05) is 7.11 Å². The first-order valence-electron chi connectivity index (χ1n) is 7.19. The molecule has 6 heteroatoms. The van der Waals surface area contributed by atoms with Gasteiger partial charge in [-0.1, -0.05) is 18.2 Å². The molecule has 1 saturated carbocycles. The molecule has 1 aromatic carbocycles. The Morgan fingerprint density at radius 2 is 1.91 bits per heavy atom. The van der Waals surface area contributed by atoms with Crippen molar-refractivity contribution < 1.29 is 24.2 Å². The Labute approximate surface area is 128 Å². The second-order valence-electron chi connectivity index (χ2n) is 5.45. The molecular weight excluding hydrogens is 286 g/mol. The van der Waals surface area contributed by atoms with E-state index in [0.29, 0.717) is 24.8 Å². The van der Waals surface area contributed by atoms with Crippen LogP contribution in [0.5, 0.6) is 0 Å². The van der Waals surface area contributed by atoms with Gasteiger partial charge >= 0.3 is 11.9 Å².